The third-order valence-corrected chi connectivity index (χ3v) is 2.74. The first kappa shape index (κ1) is 12.6. The molecule has 0 fully saturated rings. The lowest BCUT2D eigenvalue weighted by atomic mass is 10.0. The first-order valence-corrected chi connectivity index (χ1v) is 6.09. The molecule has 0 saturated heterocycles. The van der Waals surface area contributed by atoms with E-state index in [2.05, 4.69) is 27.0 Å². The van der Waals surface area contributed by atoms with Gasteiger partial charge in [0.15, 0.2) is 0 Å². The second-order valence-corrected chi connectivity index (χ2v) is 4.31. The van der Waals surface area contributed by atoms with Crippen LogP contribution in [0.5, 0.6) is 0 Å². The van der Waals surface area contributed by atoms with Crippen LogP contribution in [0.25, 0.3) is 11.6 Å². The van der Waals surface area contributed by atoms with E-state index >= 15 is 0 Å². The molecular weight excluding hydrogens is 230 g/mol. The Bertz CT molecular complexity index is 470. The van der Waals surface area contributed by atoms with Crippen molar-refractivity contribution >= 4 is 0 Å². The Labute approximate surface area is 106 Å². The van der Waals surface area contributed by atoms with E-state index in [1.165, 1.54) is 0 Å². The number of hydrogen-bond donors (Lipinski definition) is 1. The molecule has 1 unspecified atom stereocenters. The molecule has 6 heteroatoms. The monoisotopic (exact) mass is 247 g/mol. The van der Waals surface area contributed by atoms with Gasteiger partial charge in [-0.2, -0.15) is 4.98 Å². The van der Waals surface area contributed by atoms with E-state index < -0.39 is 0 Å². The van der Waals surface area contributed by atoms with Crippen LogP contribution in [-0.2, 0) is 6.42 Å². The minimum atomic E-state index is 0.442. The third kappa shape index (κ3) is 3.33. The molecule has 2 rings (SSSR count). The number of aromatic nitrogens is 4. The van der Waals surface area contributed by atoms with Gasteiger partial charge in [-0.15, -0.1) is 0 Å². The fraction of sp³-hybridized carbons (Fsp3) is 0.500. The van der Waals surface area contributed by atoms with Gasteiger partial charge in [0.05, 0.1) is 0 Å². The molecular formula is C12H17N5O. The molecule has 2 aromatic rings. The minimum Gasteiger partial charge on any atom is -0.339 e. The smallest absolute Gasteiger partial charge is 0.240 e. The second kappa shape index (κ2) is 6.20. The highest BCUT2D eigenvalue weighted by molar-refractivity contribution is 5.40. The quantitative estimate of drug-likeness (QED) is 0.830. The maximum absolute atomic E-state index is 5.51. The van der Waals surface area contributed by atoms with E-state index in [4.69, 9.17) is 10.3 Å². The van der Waals surface area contributed by atoms with Crippen LogP contribution in [0.15, 0.2) is 23.0 Å². The van der Waals surface area contributed by atoms with Crippen molar-refractivity contribution in [2.75, 3.05) is 6.54 Å². The second-order valence-electron chi connectivity index (χ2n) is 4.31. The molecule has 2 aromatic heterocycles. The molecule has 96 valence electrons. The highest BCUT2D eigenvalue weighted by atomic mass is 16.5. The van der Waals surface area contributed by atoms with Crippen LogP contribution in [0, 0.1) is 5.92 Å². The van der Waals surface area contributed by atoms with Gasteiger partial charge < -0.3 is 10.3 Å². The molecule has 0 spiro atoms. The van der Waals surface area contributed by atoms with Gasteiger partial charge in [-0.25, -0.2) is 9.97 Å². The average molecular weight is 247 g/mol. The van der Waals surface area contributed by atoms with Crippen molar-refractivity contribution in [3.63, 3.8) is 0 Å². The first-order chi connectivity index (χ1) is 8.79. The van der Waals surface area contributed by atoms with Crippen molar-refractivity contribution in [1.82, 2.24) is 20.1 Å². The van der Waals surface area contributed by atoms with E-state index in [1.807, 2.05) is 0 Å². The van der Waals surface area contributed by atoms with E-state index in [-0.39, 0.29) is 0 Å². The Hall–Kier alpha value is -1.82. The number of hydrogen-bond acceptors (Lipinski definition) is 6. The molecule has 0 aliphatic heterocycles. The number of nitrogens with two attached hydrogens (primary N) is 1. The van der Waals surface area contributed by atoms with Gasteiger partial charge in [0.1, 0.15) is 0 Å². The van der Waals surface area contributed by atoms with Crippen LogP contribution < -0.4 is 5.73 Å². The van der Waals surface area contributed by atoms with Crippen LogP contribution in [0.2, 0.25) is 0 Å². The van der Waals surface area contributed by atoms with Crippen molar-refractivity contribution in [2.45, 2.75) is 26.2 Å². The molecule has 0 radical (unpaired) electrons. The van der Waals surface area contributed by atoms with Crippen molar-refractivity contribution < 1.29 is 4.52 Å². The summed E-state index contributed by atoms with van der Waals surface area (Å²) in [5.41, 5.74) is 5.51. The van der Waals surface area contributed by atoms with E-state index in [9.17, 15) is 0 Å². The summed E-state index contributed by atoms with van der Waals surface area (Å²) in [7, 11) is 0. The number of rotatable bonds is 6. The zero-order valence-electron chi connectivity index (χ0n) is 10.4. The molecule has 0 bridgehead atoms. The maximum atomic E-state index is 5.51. The Morgan fingerprint density at radius 1 is 1.22 bits per heavy atom. The van der Waals surface area contributed by atoms with Crippen LogP contribution in [-0.4, -0.2) is 26.7 Å². The van der Waals surface area contributed by atoms with Crippen LogP contribution in [0.1, 0.15) is 25.7 Å². The summed E-state index contributed by atoms with van der Waals surface area (Å²) in [6.07, 6.45) is 6.08. The number of aryl methyl sites for hydroxylation is 1. The van der Waals surface area contributed by atoms with E-state index in [0.29, 0.717) is 30.0 Å². The zero-order chi connectivity index (χ0) is 12.8. The molecule has 0 aromatic carbocycles. The molecule has 0 aliphatic carbocycles. The molecule has 0 aliphatic rings. The lowest BCUT2D eigenvalue weighted by Gasteiger charge is -2.06. The highest BCUT2D eigenvalue weighted by Crippen LogP contribution is 2.13. The van der Waals surface area contributed by atoms with Gasteiger partial charge in [-0.1, -0.05) is 12.1 Å². The largest absolute Gasteiger partial charge is 0.339 e. The maximum Gasteiger partial charge on any atom is 0.240 e. The molecule has 0 amide bonds. The zero-order valence-corrected chi connectivity index (χ0v) is 10.4. The summed E-state index contributed by atoms with van der Waals surface area (Å²) in [5.74, 6) is 2.12. The standard InChI is InChI=1S/C12H17N5O/c1-9(5-6-13)3-4-10-16-12(17-18-10)11-14-7-2-8-15-11/h2,7-9H,3-6,13H2,1H3. The van der Waals surface area contributed by atoms with Gasteiger partial charge in [-0.05, 0) is 31.4 Å². The summed E-state index contributed by atoms with van der Waals surface area (Å²) in [5, 5.41) is 3.87. The van der Waals surface area contributed by atoms with Gasteiger partial charge in [0, 0.05) is 18.8 Å². The highest BCUT2D eigenvalue weighted by Gasteiger charge is 2.11. The summed E-state index contributed by atoms with van der Waals surface area (Å²) in [6.45, 7) is 2.89. The van der Waals surface area contributed by atoms with Gasteiger partial charge in [0.2, 0.25) is 17.5 Å². The SMILES string of the molecule is CC(CCN)CCc1nc(-c2ncccn2)no1. The molecule has 6 nitrogen and oxygen atoms in total. The third-order valence-electron chi connectivity index (χ3n) is 2.74. The van der Waals surface area contributed by atoms with Crippen molar-refractivity contribution in [1.29, 1.82) is 0 Å². The van der Waals surface area contributed by atoms with Crippen molar-refractivity contribution in [3.05, 3.63) is 24.4 Å². The predicted octanol–water partition coefficient (Wildman–Crippen LogP) is 1.44. The fourth-order valence-corrected chi connectivity index (χ4v) is 1.66. The first-order valence-electron chi connectivity index (χ1n) is 6.09. The Morgan fingerprint density at radius 3 is 2.72 bits per heavy atom. The average Bonchev–Trinajstić information content (AvgIpc) is 2.87. The van der Waals surface area contributed by atoms with Crippen molar-refractivity contribution in [3.8, 4) is 11.6 Å². The fourth-order valence-electron chi connectivity index (χ4n) is 1.66. The molecule has 2 N–H and O–H groups in total. The minimum absolute atomic E-state index is 0.442. The molecule has 18 heavy (non-hydrogen) atoms. The van der Waals surface area contributed by atoms with Crippen LogP contribution in [0.3, 0.4) is 0 Å². The van der Waals surface area contributed by atoms with Gasteiger partial charge in [-0.3, -0.25) is 0 Å². The van der Waals surface area contributed by atoms with Gasteiger partial charge in [0.25, 0.3) is 0 Å². The Morgan fingerprint density at radius 2 is 2.00 bits per heavy atom. The van der Waals surface area contributed by atoms with Gasteiger partial charge >= 0.3 is 0 Å². The van der Waals surface area contributed by atoms with Crippen LogP contribution in [0.4, 0.5) is 0 Å². The summed E-state index contributed by atoms with van der Waals surface area (Å²) < 4.78 is 5.18. The molecule has 2 heterocycles. The molecule has 0 saturated carbocycles. The van der Waals surface area contributed by atoms with E-state index in [1.54, 1.807) is 18.5 Å². The van der Waals surface area contributed by atoms with Crippen molar-refractivity contribution in [2.24, 2.45) is 11.7 Å². The number of nitrogens with zero attached hydrogens (tertiary/aromatic N) is 4. The van der Waals surface area contributed by atoms with E-state index in [0.717, 1.165) is 19.3 Å². The van der Waals surface area contributed by atoms with Crippen LogP contribution >= 0.6 is 0 Å². The predicted molar refractivity (Wildman–Crippen MR) is 66.5 cm³/mol. The summed E-state index contributed by atoms with van der Waals surface area (Å²) >= 11 is 0. The lowest BCUT2D eigenvalue weighted by Crippen LogP contribution is -2.06. The summed E-state index contributed by atoms with van der Waals surface area (Å²) in [4.78, 5) is 12.4. The molecule has 1 atom stereocenters. The Kier molecular flexibility index (Phi) is 4.35. The Balaban J connectivity index is 1.95. The lowest BCUT2D eigenvalue weighted by molar-refractivity contribution is 0.362. The normalized spacial score (nSPS) is 12.6. The topological polar surface area (TPSA) is 90.7 Å². The summed E-state index contributed by atoms with van der Waals surface area (Å²) in [6, 6.07) is 1.75.